The van der Waals surface area contributed by atoms with Crippen LogP contribution in [0.1, 0.15) is 19.3 Å². The average molecular weight is 144 g/mol. The first-order chi connectivity index (χ1) is 4.41. The molecule has 0 aromatic rings. The topological polar surface area (TPSA) is 9.23 Å². The number of hydrogen-bond donors (Lipinski definition) is 0. The van der Waals surface area contributed by atoms with Crippen molar-refractivity contribution in [3.8, 4) is 0 Å². The molecule has 1 nitrogen and oxygen atoms in total. The van der Waals surface area contributed by atoms with Crippen molar-refractivity contribution >= 4 is 11.8 Å². The standard InChI is InChI=1S/C7H12OS/c1-2-7(1)3-5-9-6-4-8-7/h1-6H2. The van der Waals surface area contributed by atoms with Gasteiger partial charge in [0.15, 0.2) is 0 Å². The Bertz CT molecular complexity index is 99.5. The first kappa shape index (κ1) is 6.05. The summed E-state index contributed by atoms with van der Waals surface area (Å²) in [5.41, 5.74) is 0.392. The molecule has 1 heterocycles. The van der Waals surface area contributed by atoms with E-state index in [9.17, 15) is 0 Å². The van der Waals surface area contributed by atoms with Gasteiger partial charge in [-0.2, -0.15) is 11.8 Å². The van der Waals surface area contributed by atoms with Crippen LogP contribution < -0.4 is 0 Å². The molecule has 0 aromatic carbocycles. The second-order valence-electron chi connectivity index (χ2n) is 2.89. The van der Waals surface area contributed by atoms with Crippen molar-refractivity contribution in [1.82, 2.24) is 0 Å². The van der Waals surface area contributed by atoms with E-state index in [1.807, 2.05) is 11.8 Å². The summed E-state index contributed by atoms with van der Waals surface area (Å²) in [6.45, 7) is 0.991. The maximum atomic E-state index is 5.68. The molecule has 0 bridgehead atoms. The van der Waals surface area contributed by atoms with E-state index in [1.165, 1.54) is 30.8 Å². The third kappa shape index (κ3) is 1.24. The van der Waals surface area contributed by atoms with Gasteiger partial charge in [0.2, 0.25) is 0 Å². The van der Waals surface area contributed by atoms with Gasteiger partial charge in [-0.25, -0.2) is 0 Å². The van der Waals surface area contributed by atoms with Crippen LogP contribution in [0.3, 0.4) is 0 Å². The second kappa shape index (κ2) is 2.17. The molecule has 0 N–H and O–H groups in total. The minimum atomic E-state index is 0.392. The Kier molecular flexibility index (Phi) is 1.46. The van der Waals surface area contributed by atoms with E-state index in [0.29, 0.717) is 5.60 Å². The van der Waals surface area contributed by atoms with E-state index in [-0.39, 0.29) is 0 Å². The lowest BCUT2D eigenvalue weighted by atomic mass is 10.2. The largest absolute Gasteiger partial charge is 0.374 e. The van der Waals surface area contributed by atoms with Crippen molar-refractivity contribution in [2.45, 2.75) is 24.9 Å². The molecule has 52 valence electrons. The van der Waals surface area contributed by atoms with Gasteiger partial charge in [-0.15, -0.1) is 0 Å². The van der Waals surface area contributed by atoms with Gasteiger partial charge in [-0.3, -0.25) is 0 Å². The highest BCUT2D eigenvalue weighted by molar-refractivity contribution is 7.99. The summed E-state index contributed by atoms with van der Waals surface area (Å²) < 4.78 is 5.68. The van der Waals surface area contributed by atoms with Gasteiger partial charge >= 0.3 is 0 Å². The van der Waals surface area contributed by atoms with Gasteiger partial charge in [0.05, 0.1) is 12.2 Å². The van der Waals surface area contributed by atoms with Crippen molar-refractivity contribution in [2.24, 2.45) is 0 Å². The Labute approximate surface area is 60.2 Å². The summed E-state index contributed by atoms with van der Waals surface area (Å²) in [5, 5.41) is 0. The molecule has 1 saturated heterocycles. The fourth-order valence-electron chi connectivity index (χ4n) is 1.28. The second-order valence-corrected chi connectivity index (χ2v) is 4.12. The molecule has 0 atom stereocenters. The Morgan fingerprint density at radius 2 is 2.00 bits per heavy atom. The Hall–Kier alpha value is 0.310. The summed E-state index contributed by atoms with van der Waals surface area (Å²) in [6, 6.07) is 0. The molecule has 1 saturated carbocycles. The smallest absolute Gasteiger partial charge is 0.0693 e. The third-order valence-electron chi connectivity index (χ3n) is 2.15. The molecule has 9 heavy (non-hydrogen) atoms. The van der Waals surface area contributed by atoms with E-state index in [1.54, 1.807) is 0 Å². The number of rotatable bonds is 0. The highest BCUT2D eigenvalue weighted by Gasteiger charge is 2.43. The molecule has 1 aliphatic heterocycles. The van der Waals surface area contributed by atoms with Gasteiger partial charge in [0.1, 0.15) is 0 Å². The van der Waals surface area contributed by atoms with Crippen molar-refractivity contribution in [2.75, 3.05) is 18.1 Å². The van der Waals surface area contributed by atoms with E-state index in [0.717, 1.165) is 6.61 Å². The fourth-order valence-corrected chi connectivity index (χ4v) is 2.20. The highest BCUT2D eigenvalue weighted by atomic mass is 32.2. The van der Waals surface area contributed by atoms with E-state index in [4.69, 9.17) is 4.74 Å². The zero-order chi connectivity index (χ0) is 6.16. The monoisotopic (exact) mass is 144 g/mol. The third-order valence-corrected chi connectivity index (χ3v) is 3.09. The van der Waals surface area contributed by atoms with Crippen molar-refractivity contribution < 1.29 is 4.74 Å². The molecular formula is C7H12OS. The Morgan fingerprint density at radius 3 is 2.78 bits per heavy atom. The molecule has 1 aliphatic carbocycles. The van der Waals surface area contributed by atoms with E-state index in [2.05, 4.69) is 0 Å². The van der Waals surface area contributed by atoms with Crippen LogP contribution in [0, 0.1) is 0 Å². The minimum absolute atomic E-state index is 0.392. The van der Waals surface area contributed by atoms with Crippen LogP contribution in [0.4, 0.5) is 0 Å². The lowest BCUT2D eigenvalue weighted by Crippen LogP contribution is -2.13. The van der Waals surface area contributed by atoms with Crippen LogP contribution in [-0.2, 0) is 4.74 Å². The molecule has 2 fully saturated rings. The summed E-state index contributed by atoms with van der Waals surface area (Å²) in [4.78, 5) is 0. The van der Waals surface area contributed by atoms with Crippen molar-refractivity contribution in [3.05, 3.63) is 0 Å². The zero-order valence-electron chi connectivity index (χ0n) is 5.56. The highest BCUT2D eigenvalue weighted by Crippen LogP contribution is 2.44. The van der Waals surface area contributed by atoms with Crippen LogP contribution in [-0.4, -0.2) is 23.7 Å². The van der Waals surface area contributed by atoms with Crippen molar-refractivity contribution in [3.63, 3.8) is 0 Å². The lowest BCUT2D eigenvalue weighted by molar-refractivity contribution is 0.0449. The van der Waals surface area contributed by atoms with Gasteiger partial charge < -0.3 is 4.74 Å². The quantitative estimate of drug-likeness (QED) is 0.511. The van der Waals surface area contributed by atoms with Crippen LogP contribution in [0.5, 0.6) is 0 Å². The molecule has 0 radical (unpaired) electrons. The van der Waals surface area contributed by atoms with E-state index < -0.39 is 0 Å². The first-order valence-electron chi connectivity index (χ1n) is 3.63. The maximum absolute atomic E-state index is 5.68. The molecule has 2 aliphatic rings. The number of hydrogen-bond acceptors (Lipinski definition) is 2. The predicted octanol–water partition coefficient (Wildman–Crippen LogP) is 1.67. The maximum Gasteiger partial charge on any atom is 0.0693 e. The predicted molar refractivity (Wildman–Crippen MR) is 39.9 cm³/mol. The average Bonchev–Trinajstić information content (AvgIpc) is 2.64. The van der Waals surface area contributed by atoms with Gasteiger partial charge in [-0.05, 0) is 25.0 Å². The molecule has 2 heteroatoms. The summed E-state index contributed by atoms with van der Waals surface area (Å²) in [7, 11) is 0. The zero-order valence-corrected chi connectivity index (χ0v) is 6.38. The lowest BCUT2D eigenvalue weighted by Gasteiger charge is -2.09. The molecule has 0 unspecified atom stereocenters. The van der Waals surface area contributed by atoms with E-state index >= 15 is 0 Å². The summed E-state index contributed by atoms with van der Waals surface area (Å²) in [6.07, 6.45) is 3.96. The summed E-state index contributed by atoms with van der Waals surface area (Å²) >= 11 is 2.03. The van der Waals surface area contributed by atoms with Crippen LogP contribution in [0.25, 0.3) is 0 Å². The summed E-state index contributed by atoms with van der Waals surface area (Å²) in [5.74, 6) is 2.53. The molecule has 0 amide bonds. The van der Waals surface area contributed by atoms with Gasteiger partial charge in [0.25, 0.3) is 0 Å². The molecule has 2 rings (SSSR count). The number of thioether (sulfide) groups is 1. The van der Waals surface area contributed by atoms with Gasteiger partial charge in [-0.1, -0.05) is 0 Å². The number of ether oxygens (including phenoxy) is 1. The Morgan fingerprint density at radius 1 is 1.11 bits per heavy atom. The van der Waals surface area contributed by atoms with Crippen LogP contribution >= 0.6 is 11.8 Å². The molecular weight excluding hydrogens is 132 g/mol. The minimum Gasteiger partial charge on any atom is -0.374 e. The first-order valence-corrected chi connectivity index (χ1v) is 4.79. The molecule has 1 spiro atoms. The normalized spacial score (nSPS) is 32.0. The van der Waals surface area contributed by atoms with Gasteiger partial charge in [0, 0.05) is 5.75 Å². The van der Waals surface area contributed by atoms with Crippen molar-refractivity contribution in [1.29, 1.82) is 0 Å². The SMILES string of the molecule is C1CSCCC2(CC2)O1. The fraction of sp³-hybridized carbons (Fsp3) is 1.00. The molecule has 0 aromatic heterocycles. The Balaban J connectivity index is 1.92. The van der Waals surface area contributed by atoms with Crippen LogP contribution in [0.2, 0.25) is 0 Å². The van der Waals surface area contributed by atoms with Crippen LogP contribution in [0.15, 0.2) is 0 Å².